The molecular formula is C21H28N4O. The van der Waals surface area contributed by atoms with Crippen LogP contribution in [0.4, 0.5) is 0 Å². The lowest BCUT2D eigenvalue weighted by atomic mass is 10.1. The Labute approximate surface area is 156 Å². The highest BCUT2D eigenvalue weighted by Gasteiger charge is 2.25. The molecule has 26 heavy (non-hydrogen) atoms. The summed E-state index contributed by atoms with van der Waals surface area (Å²) in [5.41, 5.74) is 2.36. The van der Waals surface area contributed by atoms with Crippen molar-refractivity contribution in [3.8, 4) is 0 Å². The minimum Gasteiger partial charge on any atom is -0.354 e. The van der Waals surface area contributed by atoms with Gasteiger partial charge in [0.15, 0.2) is 0 Å². The third-order valence-electron chi connectivity index (χ3n) is 4.99. The van der Waals surface area contributed by atoms with E-state index in [0.29, 0.717) is 6.54 Å². The Morgan fingerprint density at radius 1 is 1.08 bits per heavy atom. The lowest BCUT2D eigenvalue weighted by Crippen LogP contribution is -2.53. The Kier molecular flexibility index (Phi) is 6.75. The summed E-state index contributed by atoms with van der Waals surface area (Å²) in [7, 11) is 0. The minimum atomic E-state index is -0.0855. The highest BCUT2D eigenvalue weighted by atomic mass is 16.2. The minimum absolute atomic E-state index is 0.0855. The molecule has 3 rings (SSSR count). The van der Waals surface area contributed by atoms with Crippen LogP contribution in [0.1, 0.15) is 18.2 Å². The molecular weight excluding hydrogens is 324 g/mol. The molecule has 0 aliphatic carbocycles. The molecule has 1 amide bonds. The van der Waals surface area contributed by atoms with Gasteiger partial charge in [-0.15, -0.1) is 0 Å². The second-order valence-electron chi connectivity index (χ2n) is 6.84. The number of nitrogens with one attached hydrogen (secondary N) is 1. The molecule has 5 heteroatoms. The predicted molar refractivity (Wildman–Crippen MR) is 104 cm³/mol. The lowest BCUT2D eigenvalue weighted by molar-refractivity contribution is -0.126. The molecule has 1 saturated heterocycles. The number of nitrogens with zero attached hydrogens (tertiary/aromatic N) is 3. The zero-order valence-corrected chi connectivity index (χ0v) is 15.5. The van der Waals surface area contributed by atoms with E-state index in [1.54, 1.807) is 6.20 Å². The van der Waals surface area contributed by atoms with Gasteiger partial charge < -0.3 is 5.32 Å². The fourth-order valence-corrected chi connectivity index (χ4v) is 3.32. The largest absolute Gasteiger partial charge is 0.354 e. The molecule has 1 aromatic heterocycles. The van der Waals surface area contributed by atoms with Crippen LogP contribution in [0.25, 0.3) is 0 Å². The third-order valence-corrected chi connectivity index (χ3v) is 4.99. The van der Waals surface area contributed by atoms with Gasteiger partial charge in [0.05, 0.1) is 6.04 Å². The molecule has 1 aliphatic heterocycles. The molecule has 2 heterocycles. The molecule has 1 atom stereocenters. The topological polar surface area (TPSA) is 48.5 Å². The van der Waals surface area contributed by atoms with Crippen LogP contribution in [-0.4, -0.2) is 59.5 Å². The summed E-state index contributed by atoms with van der Waals surface area (Å²) in [6.07, 6.45) is 2.55. The number of amides is 1. The van der Waals surface area contributed by atoms with Gasteiger partial charge in [-0.3, -0.25) is 19.6 Å². The Morgan fingerprint density at radius 2 is 1.81 bits per heavy atom. The number of carbonyl (C=O) groups excluding carboxylic acids is 1. The lowest BCUT2D eigenvalue weighted by Gasteiger charge is -2.37. The summed E-state index contributed by atoms with van der Waals surface area (Å²) in [6.45, 7) is 7.49. The quantitative estimate of drug-likeness (QED) is 0.827. The van der Waals surface area contributed by atoms with Crippen LogP contribution in [0.5, 0.6) is 0 Å². The SMILES string of the molecule is CC(C(=O)NCCc1ccccn1)N1CCN(Cc2ccccc2)CC1. The van der Waals surface area contributed by atoms with Gasteiger partial charge in [0.1, 0.15) is 0 Å². The van der Waals surface area contributed by atoms with Gasteiger partial charge in [-0.1, -0.05) is 36.4 Å². The van der Waals surface area contributed by atoms with E-state index in [9.17, 15) is 4.79 Å². The van der Waals surface area contributed by atoms with Gasteiger partial charge >= 0.3 is 0 Å². The maximum Gasteiger partial charge on any atom is 0.237 e. The molecule has 1 fully saturated rings. The Morgan fingerprint density at radius 3 is 2.50 bits per heavy atom. The second kappa shape index (κ2) is 9.46. The standard InChI is InChI=1S/C21H28N4O/c1-18(21(26)23-12-10-20-9-5-6-11-22-20)25-15-13-24(14-16-25)17-19-7-3-2-4-8-19/h2-9,11,18H,10,12-17H2,1H3,(H,23,26). The molecule has 0 saturated carbocycles. The molecule has 1 unspecified atom stereocenters. The number of piperazine rings is 1. The van der Waals surface area contributed by atoms with E-state index >= 15 is 0 Å². The highest BCUT2D eigenvalue weighted by Crippen LogP contribution is 2.10. The van der Waals surface area contributed by atoms with E-state index in [1.165, 1.54) is 5.56 Å². The van der Waals surface area contributed by atoms with Crippen molar-refractivity contribution in [3.63, 3.8) is 0 Å². The average Bonchev–Trinajstić information content (AvgIpc) is 2.69. The molecule has 0 bridgehead atoms. The number of rotatable bonds is 7. The molecule has 1 N–H and O–H groups in total. The third kappa shape index (κ3) is 5.38. The van der Waals surface area contributed by atoms with Crippen LogP contribution in [0.15, 0.2) is 54.7 Å². The zero-order valence-electron chi connectivity index (χ0n) is 15.5. The average molecular weight is 352 g/mol. The summed E-state index contributed by atoms with van der Waals surface area (Å²) < 4.78 is 0. The van der Waals surface area contributed by atoms with Crippen molar-refractivity contribution in [1.29, 1.82) is 0 Å². The van der Waals surface area contributed by atoms with E-state index in [-0.39, 0.29) is 11.9 Å². The summed E-state index contributed by atoms with van der Waals surface area (Å²) in [4.78, 5) is 21.4. The molecule has 138 valence electrons. The van der Waals surface area contributed by atoms with E-state index in [2.05, 4.69) is 50.4 Å². The Balaban J connectivity index is 1.38. The van der Waals surface area contributed by atoms with Crippen molar-refractivity contribution in [2.45, 2.75) is 25.9 Å². The van der Waals surface area contributed by atoms with E-state index in [0.717, 1.165) is 44.8 Å². The van der Waals surface area contributed by atoms with E-state index in [1.807, 2.05) is 25.1 Å². The second-order valence-corrected chi connectivity index (χ2v) is 6.84. The van der Waals surface area contributed by atoms with Crippen LogP contribution >= 0.6 is 0 Å². The summed E-state index contributed by atoms with van der Waals surface area (Å²) >= 11 is 0. The number of hydrogen-bond acceptors (Lipinski definition) is 4. The molecule has 1 aromatic carbocycles. The molecule has 5 nitrogen and oxygen atoms in total. The first-order chi connectivity index (χ1) is 12.7. The van der Waals surface area contributed by atoms with Gasteiger partial charge in [0.25, 0.3) is 0 Å². The fraction of sp³-hybridized carbons (Fsp3) is 0.429. The van der Waals surface area contributed by atoms with Gasteiger partial charge in [0.2, 0.25) is 5.91 Å². The van der Waals surface area contributed by atoms with Crippen molar-refractivity contribution < 1.29 is 4.79 Å². The smallest absolute Gasteiger partial charge is 0.237 e. The van der Waals surface area contributed by atoms with Crippen molar-refractivity contribution in [2.75, 3.05) is 32.7 Å². The number of pyridine rings is 1. The zero-order chi connectivity index (χ0) is 18.2. The van der Waals surface area contributed by atoms with E-state index in [4.69, 9.17) is 0 Å². The summed E-state index contributed by atoms with van der Waals surface area (Å²) in [5, 5.41) is 3.05. The van der Waals surface area contributed by atoms with Crippen molar-refractivity contribution in [2.24, 2.45) is 0 Å². The maximum atomic E-state index is 12.4. The highest BCUT2D eigenvalue weighted by molar-refractivity contribution is 5.81. The number of carbonyl (C=O) groups is 1. The Bertz CT molecular complexity index is 669. The number of aromatic nitrogens is 1. The van der Waals surface area contributed by atoms with Gasteiger partial charge in [-0.2, -0.15) is 0 Å². The first-order valence-corrected chi connectivity index (χ1v) is 9.40. The number of hydrogen-bond donors (Lipinski definition) is 1. The van der Waals surface area contributed by atoms with Crippen LogP contribution in [0, 0.1) is 0 Å². The molecule has 0 radical (unpaired) electrons. The van der Waals surface area contributed by atoms with Crippen molar-refractivity contribution in [1.82, 2.24) is 20.1 Å². The van der Waals surface area contributed by atoms with Gasteiger partial charge in [-0.05, 0) is 24.6 Å². The molecule has 1 aliphatic rings. The van der Waals surface area contributed by atoms with Crippen LogP contribution < -0.4 is 5.32 Å². The van der Waals surface area contributed by atoms with E-state index < -0.39 is 0 Å². The predicted octanol–water partition coefficient (Wildman–Crippen LogP) is 1.95. The van der Waals surface area contributed by atoms with Crippen LogP contribution in [-0.2, 0) is 17.8 Å². The first-order valence-electron chi connectivity index (χ1n) is 9.40. The summed E-state index contributed by atoms with van der Waals surface area (Å²) in [6, 6.07) is 16.3. The van der Waals surface area contributed by atoms with Crippen LogP contribution in [0.3, 0.4) is 0 Å². The normalized spacial score (nSPS) is 17.0. The van der Waals surface area contributed by atoms with Gasteiger partial charge in [0, 0.05) is 57.6 Å². The Hall–Kier alpha value is -2.24. The maximum absolute atomic E-state index is 12.4. The number of benzene rings is 1. The summed E-state index contributed by atoms with van der Waals surface area (Å²) in [5.74, 6) is 0.109. The van der Waals surface area contributed by atoms with Crippen LogP contribution in [0.2, 0.25) is 0 Å². The van der Waals surface area contributed by atoms with Crippen molar-refractivity contribution >= 4 is 5.91 Å². The monoisotopic (exact) mass is 352 g/mol. The molecule has 2 aromatic rings. The molecule has 0 spiro atoms. The first kappa shape index (κ1) is 18.5. The van der Waals surface area contributed by atoms with Crippen molar-refractivity contribution in [3.05, 3.63) is 66.0 Å². The fourth-order valence-electron chi connectivity index (χ4n) is 3.32. The van der Waals surface area contributed by atoms with Gasteiger partial charge in [-0.25, -0.2) is 0 Å².